The van der Waals surface area contributed by atoms with E-state index < -0.39 is 6.10 Å². The first-order valence-corrected chi connectivity index (χ1v) is 6.38. The second-order valence-corrected chi connectivity index (χ2v) is 4.89. The summed E-state index contributed by atoms with van der Waals surface area (Å²) in [5.74, 6) is -0.102. The molecule has 0 spiro atoms. The quantitative estimate of drug-likeness (QED) is 0.804. The molecule has 1 amide bonds. The zero-order valence-electron chi connectivity index (χ0n) is 10.9. The van der Waals surface area contributed by atoms with Crippen molar-refractivity contribution in [1.82, 2.24) is 0 Å². The van der Waals surface area contributed by atoms with Crippen molar-refractivity contribution < 1.29 is 9.53 Å². The van der Waals surface area contributed by atoms with E-state index >= 15 is 0 Å². The number of hydrogen-bond donors (Lipinski definition) is 2. The Morgan fingerprint density at radius 2 is 2.22 bits per heavy atom. The van der Waals surface area contributed by atoms with Gasteiger partial charge in [0.1, 0.15) is 6.10 Å². The third kappa shape index (κ3) is 3.01. The van der Waals surface area contributed by atoms with E-state index in [9.17, 15) is 4.79 Å². The summed E-state index contributed by atoms with van der Waals surface area (Å²) in [4.78, 5) is 12.0. The number of amides is 1. The average molecular weight is 248 g/mol. The number of nitrogen functional groups attached to an aromatic ring is 1. The fourth-order valence-electron chi connectivity index (χ4n) is 1.92. The molecule has 1 fully saturated rings. The minimum absolute atomic E-state index is 0.102. The molecular formula is C14H20N2O2. The summed E-state index contributed by atoms with van der Waals surface area (Å²) in [7, 11) is 0. The molecule has 0 radical (unpaired) electrons. The number of aryl methyl sites for hydroxylation is 1. The number of nitrogens with two attached hydrogens (primary N) is 1. The summed E-state index contributed by atoms with van der Waals surface area (Å²) in [6.45, 7) is 3.71. The summed E-state index contributed by atoms with van der Waals surface area (Å²) in [6.07, 6.45) is 3.19. The molecule has 1 saturated carbocycles. The van der Waals surface area contributed by atoms with Crippen molar-refractivity contribution >= 4 is 17.3 Å². The molecule has 4 heteroatoms. The zero-order valence-corrected chi connectivity index (χ0v) is 10.9. The smallest absolute Gasteiger partial charge is 0.253 e. The van der Waals surface area contributed by atoms with Crippen LogP contribution in [0.1, 0.15) is 31.7 Å². The van der Waals surface area contributed by atoms with Crippen molar-refractivity contribution in [3.8, 4) is 0 Å². The van der Waals surface area contributed by atoms with E-state index in [0.29, 0.717) is 5.69 Å². The monoisotopic (exact) mass is 248 g/mol. The SMILES string of the molecule is Cc1cc(N)ccc1NC(=O)C(C)OC1CCC1. The van der Waals surface area contributed by atoms with Crippen molar-refractivity contribution in [2.24, 2.45) is 0 Å². The predicted octanol–water partition coefficient (Wildman–Crippen LogP) is 2.47. The Bertz CT molecular complexity index is 441. The Kier molecular flexibility index (Phi) is 3.87. The van der Waals surface area contributed by atoms with Gasteiger partial charge in [-0.15, -0.1) is 0 Å². The Morgan fingerprint density at radius 3 is 2.78 bits per heavy atom. The molecule has 98 valence electrons. The highest BCUT2D eigenvalue weighted by Gasteiger charge is 2.24. The van der Waals surface area contributed by atoms with E-state index in [4.69, 9.17) is 10.5 Å². The number of ether oxygens (including phenoxy) is 1. The highest BCUT2D eigenvalue weighted by molar-refractivity contribution is 5.94. The lowest BCUT2D eigenvalue weighted by Crippen LogP contribution is -2.34. The normalized spacial score (nSPS) is 17.0. The summed E-state index contributed by atoms with van der Waals surface area (Å²) >= 11 is 0. The molecule has 1 unspecified atom stereocenters. The number of rotatable bonds is 4. The van der Waals surface area contributed by atoms with Gasteiger partial charge in [0.15, 0.2) is 0 Å². The summed E-state index contributed by atoms with van der Waals surface area (Å²) in [5.41, 5.74) is 8.12. The molecule has 3 N–H and O–H groups in total. The second-order valence-electron chi connectivity index (χ2n) is 4.89. The Balaban J connectivity index is 1.92. The molecule has 1 aliphatic rings. The van der Waals surface area contributed by atoms with E-state index in [1.807, 2.05) is 19.1 Å². The molecule has 1 atom stereocenters. The molecular weight excluding hydrogens is 228 g/mol. The van der Waals surface area contributed by atoms with Crippen LogP contribution in [0, 0.1) is 6.92 Å². The van der Waals surface area contributed by atoms with Crippen LogP contribution in [0.2, 0.25) is 0 Å². The number of carbonyl (C=O) groups excluding carboxylic acids is 1. The number of carbonyl (C=O) groups is 1. The molecule has 0 aromatic heterocycles. The van der Waals surface area contributed by atoms with E-state index in [1.165, 1.54) is 6.42 Å². The summed E-state index contributed by atoms with van der Waals surface area (Å²) in [6, 6.07) is 5.44. The minimum atomic E-state index is -0.410. The predicted molar refractivity (Wildman–Crippen MR) is 72.4 cm³/mol. The topological polar surface area (TPSA) is 64.3 Å². The minimum Gasteiger partial charge on any atom is -0.399 e. The number of benzene rings is 1. The number of anilines is 2. The van der Waals surface area contributed by atoms with Gasteiger partial charge >= 0.3 is 0 Å². The third-order valence-electron chi connectivity index (χ3n) is 3.33. The van der Waals surface area contributed by atoms with Gasteiger partial charge in [0.2, 0.25) is 0 Å². The molecule has 1 aromatic rings. The van der Waals surface area contributed by atoms with Crippen LogP contribution in [-0.2, 0) is 9.53 Å². The van der Waals surface area contributed by atoms with E-state index in [-0.39, 0.29) is 12.0 Å². The average Bonchev–Trinajstić information content (AvgIpc) is 2.27. The summed E-state index contributed by atoms with van der Waals surface area (Å²) in [5, 5.41) is 2.87. The fourth-order valence-corrected chi connectivity index (χ4v) is 1.92. The Hall–Kier alpha value is -1.55. The van der Waals surface area contributed by atoms with Gasteiger partial charge in [-0.3, -0.25) is 4.79 Å². The van der Waals surface area contributed by atoms with Crippen LogP contribution < -0.4 is 11.1 Å². The molecule has 0 heterocycles. The van der Waals surface area contributed by atoms with Gasteiger partial charge in [-0.2, -0.15) is 0 Å². The van der Waals surface area contributed by atoms with Crippen LogP contribution in [0.4, 0.5) is 11.4 Å². The molecule has 0 saturated heterocycles. The molecule has 1 aliphatic carbocycles. The molecule has 1 aromatic carbocycles. The van der Waals surface area contributed by atoms with Crippen LogP contribution in [0.25, 0.3) is 0 Å². The Morgan fingerprint density at radius 1 is 1.50 bits per heavy atom. The number of nitrogens with one attached hydrogen (secondary N) is 1. The second kappa shape index (κ2) is 5.40. The molecule has 0 bridgehead atoms. The third-order valence-corrected chi connectivity index (χ3v) is 3.33. The van der Waals surface area contributed by atoms with E-state index in [0.717, 1.165) is 24.1 Å². The number of hydrogen-bond acceptors (Lipinski definition) is 3. The maximum atomic E-state index is 12.0. The lowest BCUT2D eigenvalue weighted by Gasteiger charge is -2.28. The van der Waals surface area contributed by atoms with Gasteiger partial charge < -0.3 is 15.8 Å². The van der Waals surface area contributed by atoms with Crippen LogP contribution in [0.5, 0.6) is 0 Å². The van der Waals surface area contributed by atoms with Gasteiger partial charge in [-0.05, 0) is 56.9 Å². The molecule has 0 aliphatic heterocycles. The van der Waals surface area contributed by atoms with Crippen molar-refractivity contribution in [3.05, 3.63) is 23.8 Å². The lowest BCUT2D eigenvalue weighted by atomic mass is 9.96. The maximum absolute atomic E-state index is 12.0. The van der Waals surface area contributed by atoms with Crippen LogP contribution in [0.15, 0.2) is 18.2 Å². The van der Waals surface area contributed by atoms with Crippen LogP contribution in [0.3, 0.4) is 0 Å². The fraction of sp³-hybridized carbons (Fsp3) is 0.500. The molecule has 2 rings (SSSR count). The maximum Gasteiger partial charge on any atom is 0.253 e. The molecule has 18 heavy (non-hydrogen) atoms. The van der Waals surface area contributed by atoms with Gasteiger partial charge in [0, 0.05) is 11.4 Å². The highest BCUT2D eigenvalue weighted by atomic mass is 16.5. The Labute approximate surface area is 108 Å². The van der Waals surface area contributed by atoms with Crippen molar-refractivity contribution in [2.45, 2.75) is 45.3 Å². The lowest BCUT2D eigenvalue weighted by molar-refractivity contribution is -0.133. The van der Waals surface area contributed by atoms with Gasteiger partial charge in [-0.1, -0.05) is 0 Å². The largest absolute Gasteiger partial charge is 0.399 e. The summed E-state index contributed by atoms with van der Waals surface area (Å²) < 4.78 is 5.65. The molecule has 4 nitrogen and oxygen atoms in total. The van der Waals surface area contributed by atoms with Gasteiger partial charge in [0.25, 0.3) is 5.91 Å². The highest BCUT2D eigenvalue weighted by Crippen LogP contribution is 2.24. The van der Waals surface area contributed by atoms with Gasteiger partial charge in [-0.25, -0.2) is 0 Å². The van der Waals surface area contributed by atoms with Crippen molar-refractivity contribution in [2.75, 3.05) is 11.1 Å². The first kappa shape index (κ1) is 12.9. The van der Waals surface area contributed by atoms with Crippen LogP contribution >= 0.6 is 0 Å². The standard InChI is InChI=1S/C14H20N2O2/c1-9-8-11(15)6-7-13(9)16-14(17)10(2)18-12-4-3-5-12/h6-8,10,12H,3-5,15H2,1-2H3,(H,16,17). The van der Waals surface area contributed by atoms with Gasteiger partial charge in [0.05, 0.1) is 6.10 Å². The van der Waals surface area contributed by atoms with Crippen molar-refractivity contribution in [1.29, 1.82) is 0 Å². The van der Waals surface area contributed by atoms with E-state index in [1.54, 1.807) is 13.0 Å². The van der Waals surface area contributed by atoms with E-state index in [2.05, 4.69) is 5.32 Å². The zero-order chi connectivity index (χ0) is 13.1. The first-order valence-electron chi connectivity index (χ1n) is 6.38. The first-order chi connectivity index (χ1) is 8.56. The van der Waals surface area contributed by atoms with Crippen molar-refractivity contribution in [3.63, 3.8) is 0 Å². The van der Waals surface area contributed by atoms with Crippen LogP contribution in [-0.4, -0.2) is 18.1 Å².